The molecule has 0 atom stereocenters. The molecule has 0 saturated heterocycles. The Morgan fingerprint density at radius 3 is 2.50 bits per heavy atom. The molecule has 1 aliphatic heterocycles. The number of fused-ring (bicyclic) bond motifs is 2. The van der Waals surface area contributed by atoms with Crippen molar-refractivity contribution < 1.29 is 8.42 Å². The lowest BCUT2D eigenvalue weighted by atomic mass is 9.99. The lowest BCUT2D eigenvalue weighted by molar-refractivity contribution is 0.597. The summed E-state index contributed by atoms with van der Waals surface area (Å²) in [4.78, 5) is 15.9. The van der Waals surface area contributed by atoms with E-state index in [1.165, 1.54) is 5.56 Å². The largest absolute Gasteiger partial charge is 0.309 e. The van der Waals surface area contributed by atoms with E-state index in [1.54, 1.807) is 37.6 Å². The second kappa shape index (κ2) is 6.10. The quantitative estimate of drug-likeness (QED) is 0.676. The number of anilines is 2. The Balaban J connectivity index is 1.55. The van der Waals surface area contributed by atoms with Crippen LogP contribution in [0.3, 0.4) is 0 Å². The van der Waals surface area contributed by atoms with E-state index in [1.807, 2.05) is 24.3 Å². The summed E-state index contributed by atoms with van der Waals surface area (Å²) in [6.07, 6.45) is 7.51. The lowest BCUT2D eigenvalue weighted by Crippen LogP contribution is -2.21. The van der Waals surface area contributed by atoms with Crippen LogP contribution in [0.25, 0.3) is 11.3 Å². The van der Waals surface area contributed by atoms with Gasteiger partial charge in [0.25, 0.3) is 0 Å². The summed E-state index contributed by atoms with van der Waals surface area (Å²) in [5.74, 6) is 0.683. The molecule has 28 heavy (non-hydrogen) atoms. The van der Waals surface area contributed by atoms with Crippen LogP contribution in [-0.2, 0) is 15.3 Å². The molecule has 0 N–H and O–H groups in total. The predicted octanol–water partition coefficient (Wildman–Crippen LogP) is 3.52. The number of benzene rings is 1. The summed E-state index contributed by atoms with van der Waals surface area (Å²) in [6, 6.07) is 11.2. The fourth-order valence-electron chi connectivity index (χ4n) is 3.90. The van der Waals surface area contributed by atoms with E-state index in [4.69, 9.17) is 0 Å². The predicted molar refractivity (Wildman–Crippen MR) is 107 cm³/mol. The minimum absolute atomic E-state index is 0.0895. The van der Waals surface area contributed by atoms with Crippen LogP contribution in [0.1, 0.15) is 25.3 Å². The van der Waals surface area contributed by atoms with Crippen molar-refractivity contribution in [3.8, 4) is 11.3 Å². The Morgan fingerprint density at radius 1 is 1.07 bits per heavy atom. The molecule has 1 aromatic carbocycles. The smallest absolute Gasteiger partial charge is 0.229 e. The summed E-state index contributed by atoms with van der Waals surface area (Å²) < 4.78 is 24.7. The Hall–Kier alpha value is -2.80. The van der Waals surface area contributed by atoms with Gasteiger partial charge in [0.15, 0.2) is 9.84 Å². The fraction of sp³-hybridized carbons (Fsp3) is 0.286. The zero-order chi connectivity index (χ0) is 19.4. The van der Waals surface area contributed by atoms with Crippen molar-refractivity contribution in [2.75, 3.05) is 17.2 Å². The van der Waals surface area contributed by atoms with Gasteiger partial charge in [0.1, 0.15) is 0 Å². The van der Waals surface area contributed by atoms with E-state index in [2.05, 4.69) is 19.9 Å². The average Bonchev–Trinajstić information content (AvgIpc) is 3.45. The molecule has 1 spiro atoms. The SMILES string of the molecule is CCS(=O)(=O)c1ccc2c(c1)N(c1ncc(-c3ccccn3)cn1)CC21CC1. The molecule has 1 fully saturated rings. The number of sulfone groups is 1. The molecule has 0 bridgehead atoms. The third-order valence-electron chi connectivity index (χ3n) is 5.73. The highest BCUT2D eigenvalue weighted by Crippen LogP contribution is 2.58. The van der Waals surface area contributed by atoms with Crippen molar-refractivity contribution >= 4 is 21.5 Å². The molecule has 3 heterocycles. The topological polar surface area (TPSA) is 76.1 Å². The molecule has 1 saturated carbocycles. The van der Waals surface area contributed by atoms with Crippen LogP contribution in [0.5, 0.6) is 0 Å². The van der Waals surface area contributed by atoms with E-state index < -0.39 is 9.84 Å². The Kier molecular flexibility index (Phi) is 3.77. The first-order valence-corrected chi connectivity index (χ1v) is 11.1. The molecule has 6 nitrogen and oxygen atoms in total. The number of hydrogen-bond donors (Lipinski definition) is 0. The monoisotopic (exact) mass is 392 g/mol. The van der Waals surface area contributed by atoms with Crippen LogP contribution in [0.4, 0.5) is 11.6 Å². The second-order valence-corrected chi connectivity index (χ2v) is 9.71. The third kappa shape index (κ3) is 2.69. The fourth-order valence-corrected chi connectivity index (χ4v) is 4.80. The van der Waals surface area contributed by atoms with Gasteiger partial charge in [-0.05, 0) is 42.7 Å². The lowest BCUT2D eigenvalue weighted by Gasteiger charge is -2.18. The van der Waals surface area contributed by atoms with Crippen molar-refractivity contribution in [3.05, 3.63) is 60.6 Å². The maximum absolute atomic E-state index is 12.4. The standard InChI is InChI=1S/C21H20N4O2S/c1-2-28(26,27)16-6-7-17-19(11-16)25(14-21(17)8-9-21)20-23-12-15(13-24-20)18-5-3-4-10-22-18/h3-7,10-13H,2,8-9,14H2,1H3. The van der Waals surface area contributed by atoms with Crippen LogP contribution in [0.2, 0.25) is 0 Å². The molecule has 2 aromatic heterocycles. The molecule has 142 valence electrons. The zero-order valence-electron chi connectivity index (χ0n) is 15.5. The molecule has 1 aliphatic carbocycles. The minimum atomic E-state index is -3.26. The van der Waals surface area contributed by atoms with Crippen LogP contribution >= 0.6 is 0 Å². The summed E-state index contributed by atoms with van der Waals surface area (Å²) in [7, 11) is -3.26. The van der Waals surface area contributed by atoms with Gasteiger partial charge >= 0.3 is 0 Å². The van der Waals surface area contributed by atoms with Crippen molar-refractivity contribution in [2.24, 2.45) is 0 Å². The zero-order valence-corrected chi connectivity index (χ0v) is 16.4. The van der Waals surface area contributed by atoms with Crippen molar-refractivity contribution in [1.82, 2.24) is 15.0 Å². The molecule has 2 aliphatic rings. The molecule has 7 heteroatoms. The molecular formula is C21H20N4O2S. The maximum atomic E-state index is 12.4. The molecule has 5 rings (SSSR count). The minimum Gasteiger partial charge on any atom is -0.309 e. The maximum Gasteiger partial charge on any atom is 0.229 e. The van der Waals surface area contributed by atoms with Gasteiger partial charge < -0.3 is 4.90 Å². The molecule has 0 amide bonds. The third-order valence-corrected chi connectivity index (χ3v) is 7.46. The first-order chi connectivity index (χ1) is 13.5. The Morgan fingerprint density at radius 2 is 1.86 bits per heavy atom. The second-order valence-electron chi connectivity index (χ2n) is 7.44. The molecule has 0 unspecified atom stereocenters. The van der Waals surface area contributed by atoms with Gasteiger partial charge in [0, 0.05) is 41.8 Å². The van der Waals surface area contributed by atoms with Gasteiger partial charge in [-0.15, -0.1) is 0 Å². The Bertz CT molecular complexity index is 1140. The summed E-state index contributed by atoms with van der Waals surface area (Å²) in [6.45, 7) is 2.46. The van der Waals surface area contributed by atoms with Crippen LogP contribution in [0.15, 0.2) is 59.9 Å². The number of hydrogen-bond acceptors (Lipinski definition) is 6. The van der Waals surface area contributed by atoms with E-state index in [0.29, 0.717) is 10.8 Å². The Labute approximate surface area is 164 Å². The summed E-state index contributed by atoms with van der Waals surface area (Å²) >= 11 is 0. The van der Waals surface area contributed by atoms with Crippen LogP contribution < -0.4 is 4.90 Å². The van der Waals surface area contributed by atoms with Crippen molar-refractivity contribution in [1.29, 1.82) is 0 Å². The highest BCUT2D eigenvalue weighted by Gasteiger charge is 2.52. The van der Waals surface area contributed by atoms with Gasteiger partial charge in [-0.3, -0.25) is 4.98 Å². The van der Waals surface area contributed by atoms with Gasteiger partial charge in [0.05, 0.1) is 16.3 Å². The highest BCUT2D eigenvalue weighted by atomic mass is 32.2. The van der Waals surface area contributed by atoms with E-state index in [-0.39, 0.29) is 11.2 Å². The van der Waals surface area contributed by atoms with Crippen LogP contribution in [0, 0.1) is 0 Å². The number of nitrogens with zero attached hydrogens (tertiary/aromatic N) is 4. The number of rotatable bonds is 4. The normalized spacial score (nSPS) is 17.0. The first-order valence-electron chi connectivity index (χ1n) is 9.41. The van der Waals surface area contributed by atoms with Crippen LogP contribution in [-0.4, -0.2) is 35.7 Å². The number of aromatic nitrogens is 3. The molecule has 0 radical (unpaired) electrons. The molecular weight excluding hydrogens is 372 g/mol. The summed E-state index contributed by atoms with van der Waals surface area (Å²) in [5.41, 5.74) is 3.92. The van der Waals surface area contributed by atoms with Gasteiger partial charge in [-0.25, -0.2) is 18.4 Å². The summed E-state index contributed by atoms with van der Waals surface area (Å²) in [5, 5.41) is 0. The molecule has 3 aromatic rings. The van der Waals surface area contributed by atoms with Crippen molar-refractivity contribution in [2.45, 2.75) is 30.1 Å². The first kappa shape index (κ1) is 17.3. The van der Waals surface area contributed by atoms with Crippen molar-refractivity contribution in [3.63, 3.8) is 0 Å². The average molecular weight is 392 g/mol. The van der Waals surface area contributed by atoms with Gasteiger partial charge in [-0.1, -0.05) is 19.1 Å². The highest BCUT2D eigenvalue weighted by molar-refractivity contribution is 7.91. The van der Waals surface area contributed by atoms with E-state index in [9.17, 15) is 8.42 Å². The van der Waals surface area contributed by atoms with Gasteiger partial charge in [0.2, 0.25) is 5.95 Å². The van der Waals surface area contributed by atoms with E-state index >= 15 is 0 Å². The number of pyridine rings is 1. The van der Waals surface area contributed by atoms with E-state index in [0.717, 1.165) is 36.3 Å². The van der Waals surface area contributed by atoms with Gasteiger partial charge in [-0.2, -0.15) is 0 Å².